The van der Waals surface area contributed by atoms with E-state index >= 15 is 0 Å². The Kier molecular flexibility index (Phi) is 9.33. The normalized spacial score (nSPS) is 7.80. The fraction of sp³-hybridized carbons (Fsp3) is 0.500. The quantitative estimate of drug-likeness (QED) is 0.344. The molecule has 0 saturated carbocycles. The molecule has 0 aromatic rings. The van der Waals surface area contributed by atoms with Gasteiger partial charge in [-0.15, -0.1) is 0 Å². The number of rotatable bonds is 3. The molecule has 1 radical (unpaired) electrons. The van der Waals surface area contributed by atoms with E-state index in [2.05, 4.69) is 11.3 Å². The molecule has 3 nitrogen and oxygen atoms in total. The van der Waals surface area contributed by atoms with Gasteiger partial charge in [-0.2, -0.15) is 0 Å². The number of carbonyl (C=O) groups excluding carboxylic acids is 1. The first-order valence-corrected chi connectivity index (χ1v) is 2.62. The van der Waals surface area contributed by atoms with Gasteiger partial charge in [0.15, 0.2) is 0 Å². The summed E-state index contributed by atoms with van der Waals surface area (Å²) in [4.78, 5) is 10.5. The van der Waals surface area contributed by atoms with Crippen molar-refractivity contribution in [2.75, 3.05) is 13.2 Å². The molecule has 0 rings (SSSR count). The first-order chi connectivity index (χ1) is 4.18. The number of carbonyl (C=O) groups is 1. The summed E-state index contributed by atoms with van der Waals surface area (Å²) >= 11 is 0. The summed E-state index contributed by atoms with van der Waals surface area (Å²) in [5.41, 5.74) is 0.350. The van der Waals surface area contributed by atoms with Crippen LogP contribution in [0.5, 0.6) is 0 Å². The monoisotopic (exact) mass is 153 g/mol. The van der Waals surface area contributed by atoms with Crippen LogP contribution >= 0.6 is 0 Å². The maximum Gasteiger partial charge on any atom is 0.333 e. The molecule has 0 heterocycles. The number of hydrogen-bond acceptors (Lipinski definition) is 3. The number of hydrogen-bond donors (Lipinski definition) is 1. The van der Waals surface area contributed by atoms with Crippen molar-refractivity contribution in [3.05, 3.63) is 12.2 Å². The van der Waals surface area contributed by atoms with Gasteiger partial charge in [0.25, 0.3) is 0 Å². The number of aliphatic hydroxyl groups excluding tert-OH is 1. The van der Waals surface area contributed by atoms with Crippen LogP contribution in [-0.2, 0) is 9.53 Å². The minimum Gasteiger partial charge on any atom is -0.460 e. The molecule has 0 atom stereocenters. The number of aliphatic hydroxyl groups is 1. The van der Waals surface area contributed by atoms with Gasteiger partial charge in [-0.05, 0) is 6.92 Å². The van der Waals surface area contributed by atoms with Crippen LogP contribution < -0.4 is 0 Å². The summed E-state index contributed by atoms with van der Waals surface area (Å²) in [6, 6.07) is 0. The van der Waals surface area contributed by atoms with Crippen molar-refractivity contribution >= 4 is 35.5 Å². The molecule has 0 aliphatic rings. The van der Waals surface area contributed by atoms with Crippen LogP contribution in [0.1, 0.15) is 6.92 Å². The van der Waals surface area contributed by atoms with Crippen molar-refractivity contribution in [1.82, 2.24) is 0 Å². The molecule has 10 heavy (non-hydrogen) atoms. The zero-order chi connectivity index (χ0) is 7.28. The van der Waals surface area contributed by atoms with E-state index < -0.39 is 5.97 Å². The third kappa shape index (κ3) is 6.29. The topological polar surface area (TPSA) is 46.5 Å². The molecule has 0 aliphatic heterocycles. The number of esters is 1. The Labute approximate surface area is 82.4 Å². The molecule has 0 amide bonds. The van der Waals surface area contributed by atoms with Crippen LogP contribution in [0.15, 0.2) is 12.2 Å². The Hall–Kier alpha value is 0.170. The Morgan fingerprint density at radius 3 is 2.50 bits per heavy atom. The molecule has 0 aromatic carbocycles. The van der Waals surface area contributed by atoms with Crippen molar-refractivity contribution in [2.24, 2.45) is 0 Å². The molecule has 0 unspecified atom stereocenters. The minimum absolute atomic E-state index is 0. The maximum absolute atomic E-state index is 10.5. The summed E-state index contributed by atoms with van der Waals surface area (Å²) in [5, 5.41) is 8.19. The predicted molar refractivity (Wildman–Crippen MR) is 38.6 cm³/mol. The van der Waals surface area contributed by atoms with E-state index in [0.29, 0.717) is 5.57 Å². The Balaban J connectivity index is 0. The molecule has 0 aromatic heterocycles. The van der Waals surface area contributed by atoms with Crippen LogP contribution in [0.4, 0.5) is 0 Å². The molecular weight excluding hydrogens is 143 g/mol. The first kappa shape index (κ1) is 12.8. The average Bonchev–Trinajstić information content (AvgIpc) is 1.82. The fourth-order valence-corrected chi connectivity index (χ4v) is 0.262. The summed E-state index contributed by atoms with van der Waals surface area (Å²) in [6.45, 7) is 4.81. The molecule has 0 aliphatic carbocycles. The van der Waals surface area contributed by atoms with Crippen molar-refractivity contribution in [3.8, 4) is 0 Å². The largest absolute Gasteiger partial charge is 0.460 e. The van der Waals surface area contributed by atoms with Crippen LogP contribution in [-0.4, -0.2) is 53.8 Å². The van der Waals surface area contributed by atoms with Crippen molar-refractivity contribution in [1.29, 1.82) is 0 Å². The van der Waals surface area contributed by atoms with Gasteiger partial charge >= 0.3 is 5.97 Å². The van der Waals surface area contributed by atoms with Crippen LogP contribution in [0.3, 0.4) is 0 Å². The molecular formula is C6H10NaO3. The van der Waals surface area contributed by atoms with Gasteiger partial charge in [0.1, 0.15) is 6.61 Å². The van der Waals surface area contributed by atoms with E-state index in [9.17, 15) is 4.79 Å². The Bertz CT molecular complexity index is 122. The maximum atomic E-state index is 10.5. The van der Waals surface area contributed by atoms with E-state index in [0.717, 1.165) is 0 Å². The third-order valence-corrected chi connectivity index (χ3v) is 0.673. The second-order valence-corrected chi connectivity index (χ2v) is 1.64. The zero-order valence-corrected chi connectivity index (χ0v) is 8.39. The minimum atomic E-state index is -0.455. The molecule has 1 N–H and O–H groups in total. The van der Waals surface area contributed by atoms with E-state index in [1.807, 2.05) is 0 Å². The summed E-state index contributed by atoms with van der Waals surface area (Å²) in [5.74, 6) is -0.455. The standard InChI is InChI=1S/C6H10O3.Na/c1-5(2)6(8)9-4-3-7;/h7H,1,3-4H2,2H3;. The Morgan fingerprint density at radius 2 is 2.20 bits per heavy atom. The molecule has 0 spiro atoms. The summed E-state index contributed by atoms with van der Waals surface area (Å²) in [6.07, 6.45) is 0. The van der Waals surface area contributed by atoms with Gasteiger partial charge in [-0.3, -0.25) is 0 Å². The molecule has 0 saturated heterocycles. The van der Waals surface area contributed by atoms with Gasteiger partial charge in [0.05, 0.1) is 6.61 Å². The molecule has 0 fully saturated rings. The smallest absolute Gasteiger partial charge is 0.333 e. The second-order valence-electron chi connectivity index (χ2n) is 1.64. The van der Waals surface area contributed by atoms with Crippen LogP contribution in [0.2, 0.25) is 0 Å². The van der Waals surface area contributed by atoms with Crippen LogP contribution in [0, 0.1) is 0 Å². The van der Waals surface area contributed by atoms with E-state index in [4.69, 9.17) is 5.11 Å². The van der Waals surface area contributed by atoms with Crippen molar-refractivity contribution < 1.29 is 14.6 Å². The third-order valence-electron chi connectivity index (χ3n) is 0.673. The van der Waals surface area contributed by atoms with Gasteiger partial charge in [0, 0.05) is 35.1 Å². The molecule has 53 valence electrons. The van der Waals surface area contributed by atoms with Gasteiger partial charge in [-0.25, -0.2) is 4.79 Å². The predicted octanol–water partition coefficient (Wildman–Crippen LogP) is -0.283. The second kappa shape index (κ2) is 7.28. The van der Waals surface area contributed by atoms with Crippen molar-refractivity contribution in [2.45, 2.75) is 6.92 Å². The Morgan fingerprint density at radius 1 is 1.70 bits per heavy atom. The molecule has 0 bridgehead atoms. The van der Waals surface area contributed by atoms with E-state index in [1.54, 1.807) is 6.92 Å². The first-order valence-electron chi connectivity index (χ1n) is 2.62. The zero-order valence-electron chi connectivity index (χ0n) is 6.39. The SMILES string of the molecule is C=C(C)C(=O)OCCO.[Na]. The van der Waals surface area contributed by atoms with Gasteiger partial charge < -0.3 is 9.84 Å². The van der Waals surface area contributed by atoms with E-state index in [-0.39, 0.29) is 42.8 Å². The van der Waals surface area contributed by atoms with E-state index in [1.165, 1.54) is 0 Å². The number of ether oxygens (including phenoxy) is 1. The van der Waals surface area contributed by atoms with Crippen molar-refractivity contribution in [3.63, 3.8) is 0 Å². The fourth-order valence-electron chi connectivity index (χ4n) is 0.262. The average molecular weight is 153 g/mol. The molecule has 4 heteroatoms. The van der Waals surface area contributed by atoms with Gasteiger partial charge in [0.2, 0.25) is 0 Å². The van der Waals surface area contributed by atoms with Crippen LogP contribution in [0.25, 0.3) is 0 Å². The summed E-state index contributed by atoms with van der Waals surface area (Å²) < 4.78 is 4.46. The summed E-state index contributed by atoms with van der Waals surface area (Å²) in [7, 11) is 0. The van der Waals surface area contributed by atoms with Gasteiger partial charge in [-0.1, -0.05) is 6.58 Å².